The fourth-order valence-corrected chi connectivity index (χ4v) is 7.37. The van der Waals surface area contributed by atoms with Crippen LogP contribution in [-0.2, 0) is 65.1 Å². The number of hydrogen-bond donors (Lipinski definition) is 14. The van der Waals surface area contributed by atoms with Crippen molar-refractivity contribution in [2.75, 3.05) is 18.1 Å². The largest absolute Gasteiger partial charge is 0.481 e. The van der Waals surface area contributed by atoms with Gasteiger partial charge in [0.05, 0.1) is 49.3 Å². The predicted molar refractivity (Wildman–Crippen MR) is 409 cm³/mol. The fraction of sp³-hybridized carbons (Fsp3) is 0.352. The molecule has 0 aromatic heterocycles. The van der Waals surface area contributed by atoms with Crippen LogP contribution in [0.1, 0.15) is 132 Å². The number of aliphatic hydroxyl groups is 5. The van der Waals surface area contributed by atoms with Gasteiger partial charge in [0.25, 0.3) is 31.8 Å². The van der Waals surface area contributed by atoms with E-state index in [1.807, 2.05) is 65.2 Å². The number of esters is 1. The molecule has 5 rings (SSSR count). The Hall–Kier alpha value is -11.4. The van der Waals surface area contributed by atoms with E-state index >= 15 is 0 Å². The van der Waals surface area contributed by atoms with Gasteiger partial charge < -0.3 is 64.1 Å². The van der Waals surface area contributed by atoms with Crippen molar-refractivity contribution in [2.24, 2.45) is 26.4 Å². The van der Waals surface area contributed by atoms with Gasteiger partial charge >= 0.3 is 17.9 Å². The smallest absolute Gasteiger partial charge is 0.343 e. The predicted octanol–water partition coefficient (Wildman–Crippen LogP) is 9.18. The molecule has 0 saturated carbocycles. The van der Waals surface area contributed by atoms with Crippen LogP contribution in [0.25, 0.3) is 41.8 Å². The molecule has 111 heavy (non-hydrogen) atoms. The molecule has 0 spiro atoms. The summed E-state index contributed by atoms with van der Waals surface area (Å²) in [6.07, 6.45) is -5.85. The number of hydrogen-bond acceptors (Lipinski definition) is 23. The number of benzene rings is 5. The third kappa shape index (κ3) is 36.6. The summed E-state index contributed by atoms with van der Waals surface area (Å²) >= 11 is 0. The molecule has 12 atom stereocenters. The number of aliphatic carboxylic acids is 1. The van der Waals surface area contributed by atoms with Crippen LogP contribution in [0.2, 0.25) is 0 Å². The zero-order valence-corrected chi connectivity index (χ0v) is 66.0. The van der Waals surface area contributed by atoms with Crippen LogP contribution in [0.3, 0.4) is 0 Å². The van der Waals surface area contributed by atoms with Crippen LogP contribution in [0.15, 0.2) is 148 Å². The maximum atomic E-state index is 12.6. The van der Waals surface area contributed by atoms with E-state index in [0.717, 1.165) is 23.6 Å². The summed E-state index contributed by atoms with van der Waals surface area (Å²) in [5.74, 6) is 16.8. The summed E-state index contributed by atoms with van der Waals surface area (Å²) in [5, 5.41) is 87.4. The second kappa shape index (κ2) is 52.6. The second-order valence-electron chi connectivity index (χ2n) is 23.8. The molecule has 40 heteroatoms. The zero-order valence-electron chi connectivity index (χ0n) is 62.4. The maximum Gasteiger partial charge on any atom is 0.343 e. The molecule has 2 unspecified atom stereocenters. The van der Waals surface area contributed by atoms with E-state index in [1.54, 1.807) is 60.7 Å². The maximum absolute atomic E-state index is 12.6. The van der Waals surface area contributed by atoms with Crippen molar-refractivity contribution >= 4 is 70.0 Å². The number of carbonyl (C=O) groups excluding carboxylic acids is 6. The Bertz CT molecular complexity index is 4330. The van der Waals surface area contributed by atoms with E-state index in [1.165, 1.54) is 97.5 Å². The van der Waals surface area contributed by atoms with Crippen molar-refractivity contribution in [3.05, 3.63) is 216 Å². The molecule has 0 fully saturated rings. The molecule has 0 aliphatic carbocycles. The van der Waals surface area contributed by atoms with E-state index < -0.39 is 108 Å². The molecule has 5 aromatic carbocycles. The summed E-state index contributed by atoms with van der Waals surface area (Å²) in [6, 6.07) is 36.2. The van der Waals surface area contributed by atoms with Crippen molar-refractivity contribution in [3.63, 3.8) is 0 Å². The first kappa shape index (κ1) is 104. The number of nitrogens with one attached hydrogen (secondary N) is 4. The number of carboxylic acid groups (broad SMARTS) is 1. The first-order valence-electron chi connectivity index (χ1n) is 31.7. The molecule has 16 N–H and O–H groups in total. The molecule has 598 valence electrons. The summed E-state index contributed by atoms with van der Waals surface area (Å²) in [5.41, 5.74) is 46.4. The van der Waals surface area contributed by atoms with Gasteiger partial charge in [-0.15, -0.1) is 0 Å². The van der Waals surface area contributed by atoms with E-state index in [2.05, 4.69) is 103 Å². The molecule has 0 radical (unpaired) electrons. The van der Waals surface area contributed by atoms with Crippen LogP contribution in [-0.4, -0.2) is 147 Å². The van der Waals surface area contributed by atoms with Crippen LogP contribution < -0.4 is 33.2 Å². The molecular formula is C71H88FN18O18P2Pd-. The van der Waals surface area contributed by atoms with Gasteiger partial charge in [0.15, 0.2) is 22.2 Å². The quantitative estimate of drug-likeness (QED) is 0.00247. The van der Waals surface area contributed by atoms with Crippen molar-refractivity contribution in [1.29, 1.82) is 0 Å². The van der Waals surface area contributed by atoms with E-state index in [-0.39, 0.29) is 58.1 Å². The Morgan fingerprint density at radius 2 is 0.874 bits per heavy atom. The Balaban J connectivity index is -0.00000130. The minimum Gasteiger partial charge on any atom is -0.481 e. The number of halogens is 1. The van der Waals surface area contributed by atoms with Gasteiger partial charge in [-0.05, 0) is 233 Å². The molecule has 0 heterocycles. The SMILES string of the molecule is CC(C)COC(=O)[C@@](C)(N=[N+]=[N-])[C@@H](C)O.C[C@@H](O)[C@](C)(N=[N+]=[N-])C(=O)NO.C[C@@H](O)[C@](C)(N=[N+]=[N-])C(=O)NOCc1ccccc1.C[C@@H](O)[C@](C)(N=[N+]=[N-])C(=O)O.C[C@@H](O)[C@](C)(NC(=O)c1ccc(C#CC#Cc2ccc(N)cc2)cc1)C(=O)NO.Nc1ccc(C#CC#Cc2ccc(C(=O)OP(F)P)cc2)cc1.[CH3-].[Pd]. The van der Waals surface area contributed by atoms with Gasteiger partial charge in [0.2, 0.25) is 0 Å². The molecule has 4 amide bonds. The minimum atomic E-state index is -2.29. The number of nitrogen functional groups attached to an aromatic ring is 2. The number of aliphatic hydroxyl groups excluding tert-OH is 5. The number of amides is 4. The van der Waals surface area contributed by atoms with Gasteiger partial charge in [0, 0.05) is 79.3 Å². The number of nitrogens with zero attached hydrogens (tertiary/aromatic N) is 12. The summed E-state index contributed by atoms with van der Waals surface area (Å²) in [4.78, 5) is 95.2. The first-order chi connectivity index (χ1) is 51.1. The number of anilines is 2. The topological polar surface area (TPSA) is 604 Å². The van der Waals surface area contributed by atoms with E-state index in [0.29, 0.717) is 22.5 Å². The fourth-order valence-electron chi connectivity index (χ4n) is 6.82. The van der Waals surface area contributed by atoms with Gasteiger partial charge in [0.1, 0.15) is 5.54 Å². The average Bonchev–Trinajstić information content (AvgIpc) is 0.786. The summed E-state index contributed by atoms with van der Waals surface area (Å²) in [6.45, 7) is 17.2. The van der Waals surface area contributed by atoms with Gasteiger partial charge in [-0.2, -0.15) is 4.20 Å². The van der Waals surface area contributed by atoms with Crippen LogP contribution in [0.4, 0.5) is 15.6 Å². The zero-order chi connectivity index (χ0) is 83.3. The average molecular weight is 1670 g/mol. The molecule has 0 bridgehead atoms. The number of carboxylic acids is 1. The molecule has 36 nitrogen and oxygen atoms in total. The molecule has 0 saturated heterocycles. The first-order valence-corrected chi connectivity index (χ1v) is 34.5. The van der Waals surface area contributed by atoms with Crippen molar-refractivity contribution in [2.45, 2.75) is 148 Å². The van der Waals surface area contributed by atoms with Crippen molar-refractivity contribution in [1.82, 2.24) is 21.8 Å². The normalized spacial score (nSPS) is 13.9. The van der Waals surface area contributed by atoms with Gasteiger partial charge in [-0.1, -0.05) is 88.3 Å². The number of rotatable bonds is 23. The van der Waals surface area contributed by atoms with Gasteiger partial charge in [-0.25, -0.2) is 21.2 Å². The monoisotopic (exact) mass is 1670 g/mol. The van der Waals surface area contributed by atoms with Crippen LogP contribution >= 0.6 is 17.1 Å². The van der Waals surface area contributed by atoms with Gasteiger partial charge in [-0.3, -0.25) is 44.0 Å². The molecule has 0 aliphatic heterocycles. The Kier molecular flexibility index (Phi) is 49.2. The van der Waals surface area contributed by atoms with Crippen molar-refractivity contribution < 1.29 is 113 Å². The molecular weight excluding hydrogens is 1580 g/mol. The third-order valence-electron chi connectivity index (χ3n) is 14.9. The number of nitrogens with two attached hydrogens (primary N) is 2. The number of carbonyl (C=O) groups is 7. The van der Waals surface area contributed by atoms with E-state index in [9.17, 15) is 53.1 Å². The molecule has 5 aromatic rings. The Morgan fingerprint density at radius 1 is 0.532 bits per heavy atom. The summed E-state index contributed by atoms with van der Waals surface area (Å²) in [7, 11) is -0.480. The molecule has 0 aliphatic rings. The standard InChI is InChI=1S/C22H21N3O4.C17H12FNO2P2.C12H16N4O3.C9H17N3O3.C5H10N4O3.C5H9N3O3.CH3.Pd/c1-15(26)22(2,21(28)25-29)24-20(27)18-11-7-16(8-12-18)5-3-4-6-17-9-13-19(23)14-10-17;18-23(22)21-17(20)15-9-5-13(6-10-15)3-1-2-4-14-7-11-16(19)12-8-14;1-9(17)12(2,15-16-13)11(18)14-19-8-10-6-4-3-5-7-10;1-6(2)5-15-8(14)9(4,7(3)13)11-12-10;1-3(10)5(2,8-9-6)4(11)7-12;1-3(9)5(2,4(10)11)7-8-6;;/h7-15,26,29H,23H2,1-2H3,(H,24,27)(H,25,28);5-12H,19,22H2;3-7,9,17H,8H2,1-2H3,(H,14,18);6-7,13H,5H2,1-4H3;3,10,12H,1-2H3,(H,7,11);3,9H,1-2H3,(H,10,11);1H3;/q;;;;;;-1;/t15-,22+;;9-,12+;7-,9+;2*3-,5+;;/m1.1111../s1. The Morgan fingerprint density at radius 3 is 1.19 bits per heavy atom. The second-order valence-corrected chi connectivity index (χ2v) is 25.8. The van der Waals surface area contributed by atoms with Crippen LogP contribution in [0.5, 0.6) is 0 Å². The third-order valence-corrected chi connectivity index (χ3v) is 15.6. The number of hydroxylamine groups is 3. The Labute approximate surface area is 657 Å². The van der Waals surface area contributed by atoms with Crippen LogP contribution in [0, 0.1) is 60.7 Å². The van der Waals surface area contributed by atoms with Crippen molar-refractivity contribution in [3.8, 4) is 47.4 Å². The number of azide groups is 4. The minimum absolute atomic E-state index is 0. The number of ether oxygens (including phenoxy) is 1. The van der Waals surface area contributed by atoms with E-state index in [4.69, 9.17) is 68.9 Å². The summed E-state index contributed by atoms with van der Waals surface area (Å²) < 4.78 is 22.0.